The number of hydrogen-bond acceptors (Lipinski definition) is 3. The molecule has 2 aromatic rings. The minimum absolute atomic E-state index is 0.164. The van der Waals surface area contributed by atoms with Crippen LogP contribution >= 0.6 is 0 Å². The monoisotopic (exact) mass is 326 g/mol. The molecule has 0 spiro atoms. The minimum Gasteiger partial charge on any atom is -0.481 e. The van der Waals surface area contributed by atoms with Crippen LogP contribution in [0.15, 0.2) is 54.6 Å². The smallest absolute Gasteiger partial charge is 0.265 e. The van der Waals surface area contributed by atoms with Crippen molar-refractivity contribution in [3.63, 3.8) is 0 Å². The van der Waals surface area contributed by atoms with Crippen molar-refractivity contribution in [3.8, 4) is 5.75 Å². The molecular formula is C20H26N2O2. The largest absolute Gasteiger partial charge is 0.481 e. The Morgan fingerprint density at radius 1 is 1.04 bits per heavy atom. The number of rotatable bonds is 7. The number of para-hydroxylation sites is 1. The van der Waals surface area contributed by atoms with Gasteiger partial charge in [0.05, 0.1) is 0 Å². The van der Waals surface area contributed by atoms with Gasteiger partial charge in [0.15, 0.2) is 6.10 Å². The molecule has 1 N–H and O–H groups in total. The van der Waals surface area contributed by atoms with Crippen LogP contribution < -0.4 is 15.0 Å². The molecule has 24 heavy (non-hydrogen) atoms. The van der Waals surface area contributed by atoms with E-state index >= 15 is 0 Å². The molecule has 4 nitrogen and oxygen atoms in total. The van der Waals surface area contributed by atoms with E-state index in [0.29, 0.717) is 11.8 Å². The SMILES string of the molecule is CCN(c1ccc(NC(=O)C(C)Oc2ccccc2)cc1)C(C)C. The lowest BCUT2D eigenvalue weighted by atomic mass is 10.2. The molecule has 0 aliphatic heterocycles. The third-order valence-electron chi connectivity index (χ3n) is 3.86. The molecule has 1 amide bonds. The van der Waals surface area contributed by atoms with E-state index in [9.17, 15) is 4.79 Å². The zero-order valence-corrected chi connectivity index (χ0v) is 14.8. The van der Waals surface area contributed by atoms with E-state index in [1.54, 1.807) is 6.92 Å². The molecule has 0 aliphatic carbocycles. The molecule has 1 unspecified atom stereocenters. The van der Waals surface area contributed by atoms with Crippen LogP contribution in [0.5, 0.6) is 5.75 Å². The number of carbonyl (C=O) groups is 1. The number of ether oxygens (including phenoxy) is 1. The van der Waals surface area contributed by atoms with Crippen molar-refractivity contribution in [2.24, 2.45) is 0 Å². The number of benzene rings is 2. The lowest BCUT2D eigenvalue weighted by Gasteiger charge is -2.27. The van der Waals surface area contributed by atoms with E-state index in [1.165, 1.54) is 0 Å². The van der Waals surface area contributed by atoms with Crippen LogP contribution in [0.1, 0.15) is 27.7 Å². The Morgan fingerprint density at radius 2 is 1.67 bits per heavy atom. The maximum Gasteiger partial charge on any atom is 0.265 e. The highest BCUT2D eigenvalue weighted by molar-refractivity contribution is 5.94. The molecule has 0 heterocycles. The predicted molar refractivity (Wildman–Crippen MR) is 99.8 cm³/mol. The lowest BCUT2D eigenvalue weighted by Crippen LogP contribution is -2.31. The second kappa shape index (κ2) is 8.39. The van der Waals surface area contributed by atoms with Gasteiger partial charge in [0.25, 0.3) is 5.91 Å². The van der Waals surface area contributed by atoms with Crippen molar-refractivity contribution in [2.75, 3.05) is 16.8 Å². The van der Waals surface area contributed by atoms with Crippen LogP contribution in [0.4, 0.5) is 11.4 Å². The number of amides is 1. The molecule has 1 atom stereocenters. The van der Waals surface area contributed by atoms with Crippen molar-refractivity contribution >= 4 is 17.3 Å². The second-order valence-corrected chi connectivity index (χ2v) is 5.99. The van der Waals surface area contributed by atoms with Gasteiger partial charge in [-0.2, -0.15) is 0 Å². The van der Waals surface area contributed by atoms with Crippen LogP contribution in [0, 0.1) is 0 Å². The normalized spacial score (nSPS) is 11.9. The van der Waals surface area contributed by atoms with Crippen LogP contribution in [0.3, 0.4) is 0 Å². The fraction of sp³-hybridized carbons (Fsp3) is 0.350. The molecule has 0 aliphatic rings. The first kappa shape index (κ1) is 17.9. The van der Waals surface area contributed by atoms with Crippen LogP contribution in [0.2, 0.25) is 0 Å². The van der Waals surface area contributed by atoms with Gasteiger partial charge in [0.1, 0.15) is 5.75 Å². The average molecular weight is 326 g/mol. The summed E-state index contributed by atoms with van der Waals surface area (Å²) < 4.78 is 5.64. The van der Waals surface area contributed by atoms with Crippen molar-refractivity contribution in [1.82, 2.24) is 0 Å². The number of carbonyl (C=O) groups excluding carboxylic acids is 1. The zero-order valence-electron chi connectivity index (χ0n) is 14.8. The van der Waals surface area contributed by atoms with Gasteiger partial charge in [0.2, 0.25) is 0 Å². The van der Waals surface area contributed by atoms with E-state index in [1.807, 2.05) is 54.6 Å². The fourth-order valence-corrected chi connectivity index (χ4v) is 2.58. The van der Waals surface area contributed by atoms with Crippen LogP contribution in [-0.2, 0) is 4.79 Å². The standard InChI is InChI=1S/C20H26N2O2/c1-5-22(15(2)3)18-13-11-17(12-14-18)21-20(23)16(4)24-19-9-7-6-8-10-19/h6-16H,5H2,1-4H3,(H,21,23). The summed E-state index contributed by atoms with van der Waals surface area (Å²) in [5.41, 5.74) is 1.92. The summed E-state index contributed by atoms with van der Waals surface area (Å²) in [5, 5.41) is 2.89. The number of hydrogen-bond donors (Lipinski definition) is 1. The summed E-state index contributed by atoms with van der Waals surface area (Å²) in [7, 11) is 0. The summed E-state index contributed by atoms with van der Waals surface area (Å²) >= 11 is 0. The lowest BCUT2D eigenvalue weighted by molar-refractivity contribution is -0.122. The number of nitrogens with one attached hydrogen (secondary N) is 1. The zero-order chi connectivity index (χ0) is 17.5. The van der Waals surface area contributed by atoms with E-state index in [2.05, 4.69) is 31.0 Å². The highest BCUT2D eigenvalue weighted by Gasteiger charge is 2.15. The summed E-state index contributed by atoms with van der Waals surface area (Å²) in [6.07, 6.45) is -0.560. The Bertz CT molecular complexity index is 638. The third kappa shape index (κ3) is 4.75. The molecule has 0 radical (unpaired) electrons. The van der Waals surface area contributed by atoms with Gasteiger partial charge < -0.3 is 15.0 Å². The van der Waals surface area contributed by atoms with Gasteiger partial charge in [-0.25, -0.2) is 0 Å². The van der Waals surface area contributed by atoms with Crippen LogP contribution in [0.25, 0.3) is 0 Å². The van der Waals surface area contributed by atoms with Crippen molar-refractivity contribution in [3.05, 3.63) is 54.6 Å². The van der Waals surface area contributed by atoms with Crippen LogP contribution in [-0.4, -0.2) is 24.6 Å². The van der Waals surface area contributed by atoms with Gasteiger partial charge in [-0.3, -0.25) is 4.79 Å². The molecule has 0 bridgehead atoms. The first-order valence-electron chi connectivity index (χ1n) is 8.40. The van der Waals surface area contributed by atoms with Gasteiger partial charge in [-0.05, 0) is 64.1 Å². The molecule has 0 saturated carbocycles. The van der Waals surface area contributed by atoms with Crippen molar-refractivity contribution in [1.29, 1.82) is 0 Å². The number of anilines is 2. The maximum absolute atomic E-state index is 12.3. The van der Waals surface area contributed by atoms with E-state index in [0.717, 1.165) is 17.9 Å². The maximum atomic E-state index is 12.3. The molecule has 4 heteroatoms. The highest BCUT2D eigenvalue weighted by atomic mass is 16.5. The Kier molecular flexibility index (Phi) is 6.24. The average Bonchev–Trinajstić information content (AvgIpc) is 2.57. The summed E-state index contributed by atoms with van der Waals surface area (Å²) in [4.78, 5) is 14.6. The Labute approximate surface area is 144 Å². The molecule has 2 aromatic carbocycles. The molecule has 0 aromatic heterocycles. The van der Waals surface area contributed by atoms with Gasteiger partial charge in [-0.1, -0.05) is 18.2 Å². The Balaban J connectivity index is 1.96. The van der Waals surface area contributed by atoms with Gasteiger partial charge in [0, 0.05) is 24.0 Å². The topological polar surface area (TPSA) is 41.6 Å². The summed E-state index contributed by atoms with van der Waals surface area (Å²) in [5.74, 6) is 0.522. The van der Waals surface area contributed by atoms with E-state index in [4.69, 9.17) is 4.74 Å². The van der Waals surface area contributed by atoms with E-state index < -0.39 is 6.10 Å². The number of nitrogens with zero attached hydrogens (tertiary/aromatic N) is 1. The molecule has 0 saturated heterocycles. The first-order valence-corrected chi connectivity index (χ1v) is 8.40. The summed E-state index contributed by atoms with van der Waals surface area (Å²) in [6, 6.07) is 17.7. The Hall–Kier alpha value is -2.49. The van der Waals surface area contributed by atoms with Gasteiger partial charge in [-0.15, -0.1) is 0 Å². The molecule has 128 valence electrons. The van der Waals surface area contributed by atoms with Gasteiger partial charge >= 0.3 is 0 Å². The second-order valence-electron chi connectivity index (χ2n) is 5.99. The van der Waals surface area contributed by atoms with Crippen molar-refractivity contribution < 1.29 is 9.53 Å². The first-order chi connectivity index (χ1) is 11.5. The third-order valence-corrected chi connectivity index (χ3v) is 3.86. The fourth-order valence-electron chi connectivity index (χ4n) is 2.58. The molecule has 0 fully saturated rings. The van der Waals surface area contributed by atoms with Crippen molar-refractivity contribution in [2.45, 2.75) is 39.8 Å². The highest BCUT2D eigenvalue weighted by Crippen LogP contribution is 2.20. The Morgan fingerprint density at radius 3 is 2.21 bits per heavy atom. The molecule has 2 rings (SSSR count). The van der Waals surface area contributed by atoms with E-state index in [-0.39, 0.29) is 5.91 Å². The quantitative estimate of drug-likeness (QED) is 0.823. The minimum atomic E-state index is -0.560. The molecular weight excluding hydrogens is 300 g/mol. The predicted octanol–water partition coefficient (Wildman–Crippen LogP) is 4.33. The summed E-state index contributed by atoms with van der Waals surface area (Å²) in [6.45, 7) is 9.17.